The summed E-state index contributed by atoms with van der Waals surface area (Å²) < 4.78 is 10.2. The van der Waals surface area contributed by atoms with Crippen LogP contribution < -0.4 is 4.74 Å². The Bertz CT molecular complexity index is 988. The molecule has 2 bridgehead atoms. The van der Waals surface area contributed by atoms with E-state index in [1.165, 1.54) is 31.3 Å². The number of carbonyl (C=O) groups is 3. The maximum absolute atomic E-state index is 12.7. The molecule has 1 saturated carbocycles. The van der Waals surface area contributed by atoms with Crippen LogP contribution in [0.25, 0.3) is 0 Å². The highest BCUT2D eigenvalue weighted by Gasteiger charge is 2.59. The molecule has 1 aromatic carbocycles. The Labute approximate surface area is 177 Å². The second-order valence-corrected chi connectivity index (χ2v) is 7.73. The fourth-order valence-corrected chi connectivity index (χ4v) is 4.48. The van der Waals surface area contributed by atoms with E-state index in [4.69, 9.17) is 9.47 Å². The van der Waals surface area contributed by atoms with E-state index >= 15 is 0 Å². The molecule has 162 valence electrons. The zero-order valence-corrected chi connectivity index (χ0v) is 17.0. The second-order valence-electron chi connectivity index (χ2n) is 7.73. The minimum Gasteiger partial charge on any atom is -0.472 e. The molecule has 0 radical (unpaired) electrons. The van der Waals surface area contributed by atoms with E-state index in [0.29, 0.717) is 5.56 Å². The summed E-state index contributed by atoms with van der Waals surface area (Å²) in [5, 5.41) is 16.4. The Kier molecular flexibility index (Phi) is 5.30. The maximum atomic E-state index is 12.7. The van der Waals surface area contributed by atoms with Gasteiger partial charge in [0.15, 0.2) is 11.9 Å². The lowest BCUT2D eigenvalue weighted by molar-refractivity contribution is -0.386. The summed E-state index contributed by atoms with van der Waals surface area (Å²) in [6.07, 6.45) is 5.01. The van der Waals surface area contributed by atoms with Gasteiger partial charge in [-0.15, -0.1) is 0 Å². The quantitative estimate of drug-likeness (QED) is 0.163. The Morgan fingerprint density at radius 3 is 2.52 bits per heavy atom. The van der Waals surface area contributed by atoms with Gasteiger partial charge in [-0.25, -0.2) is 4.79 Å². The molecule has 3 aliphatic rings. The molecule has 1 aromatic rings. The van der Waals surface area contributed by atoms with Gasteiger partial charge >= 0.3 is 11.7 Å². The number of hydrazone groups is 1. The van der Waals surface area contributed by atoms with Gasteiger partial charge in [0, 0.05) is 11.6 Å². The smallest absolute Gasteiger partial charge is 0.347 e. The highest BCUT2D eigenvalue weighted by molar-refractivity contribution is 6.06. The van der Waals surface area contributed by atoms with Crippen LogP contribution in [-0.2, 0) is 19.1 Å². The molecule has 0 spiro atoms. The monoisotopic (exact) mass is 427 g/mol. The molecular formula is C21H21N3O7. The van der Waals surface area contributed by atoms with Gasteiger partial charge < -0.3 is 9.47 Å². The number of esters is 1. The summed E-state index contributed by atoms with van der Waals surface area (Å²) in [6.45, 7) is 3.24. The lowest BCUT2D eigenvalue weighted by atomic mass is 9.85. The standard InChI is InChI=1S/C21H21N3O7/c1-3-30-21(27)11(2)31-16-7-4-12(8-15(16)24(28)29)10-22-23-19(25)17-13-5-6-14(9-13)18(17)20(23)26/h4-8,10-11,13-14,17-18H,3,9H2,1-2H3/t11-,13+,14+,17-,18+/m1/s1. The van der Waals surface area contributed by atoms with Crippen LogP contribution in [0.1, 0.15) is 25.8 Å². The van der Waals surface area contributed by atoms with Crippen molar-refractivity contribution in [1.29, 1.82) is 0 Å². The van der Waals surface area contributed by atoms with Crippen LogP contribution in [-0.4, -0.2) is 46.6 Å². The molecule has 10 nitrogen and oxygen atoms in total. The molecular weight excluding hydrogens is 406 g/mol. The molecule has 0 N–H and O–H groups in total. The van der Waals surface area contributed by atoms with Crippen LogP contribution in [0.3, 0.4) is 0 Å². The van der Waals surface area contributed by atoms with Crippen molar-refractivity contribution in [2.24, 2.45) is 28.8 Å². The molecule has 1 heterocycles. The fourth-order valence-electron chi connectivity index (χ4n) is 4.48. The first-order valence-electron chi connectivity index (χ1n) is 10.0. The number of carbonyl (C=O) groups excluding carboxylic acids is 3. The molecule has 0 unspecified atom stereocenters. The number of hydrogen-bond donors (Lipinski definition) is 0. The second kappa shape index (κ2) is 7.93. The maximum Gasteiger partial charge on any atom is 0.347 e. The number of amides is 2. The number of nitro groups is 1. The summed E-state index contributed by atoms with van der Waals surface area (Å²) in [7, 11) is 0. The highest BCUT2D eigenvalue weighted by atomic mass is 16.6. The van der Waals surface area contributed by atoms with Crippen LogP contribution in [0.4, 0.5) is 5.69 Å². The lowest BCUT2D eigenvalue weighted by Gasteiger charge is -2.13. The highest BCUT2D eigenvalue weighted by Crippen LogP contribution is 2.52. The first kappa shape index (κ1) is 20.7. The molecule has 2 aliphatic carbocycles. The minimum atomic E-state index is -1.03. The summed E-state index contributed by atoms with van der Waals surface area (Å²) in [6, 6.07) is 4.02. The third kappa shape index (κ3) is 3.58. The van der Waals surface area contributed by atoms with Crippen molar-refractivity contribution in [1.82, 2.24) is 5.01 Å². The topological polar surface area (TPSA) is 128 Å². The normalized spacial score (nSPS) is 27.1. The molecule has 5 atom stereocenters. The van der Waals surface area contributed by atoms with E-state index < -0.39 is 17.0 Å². The van der Waals surface area contributed by atoms with Crippen molar-refractivity contribution < 1.29 is 28.8 Å². The predicted octanol–water partition coefficient (Wildman–Crippen LogP) is 2.07. The van der Waals surface area contributed by atoms with Crippen LogP contribution in [0.15, 0.2) is 35.5 Å². The average molecular weight is 427 g/mol. The Balaban J connectivity index is 1.51. The third-order valence-electron chi connectivity index (χ3n) is 5.87. The van der Waals surface area contributed by atoms with Crippen molar-refractivity contribution in [3.05, 3.63) is 46.0 Å². The number of ether oxygens (including phenoxy) is 2. The van der Waals surface area contributed by atoms with Gasteiger partial charge in [0.1, 0.15) is 0 Å². The van der Waals surface area contributed by atoms with Crippen LogP contribution >= 0.6 is 0 Å². The zero-order chi connectivity index (χ0) is 22.3. The van der Waals surface area contributed by atoms with Crippen LogP contribution in [0, 0.1) is 33.8 Å². The number of nitro benzene ring substituents is 1. The fraction of sp³-hybridized carbons (Fsp3) is 0.429. The van der Waals surface area contributed by atoms with Crippen molar-refractivity contribution in [2.75, 3.05) is 6.61 Å². The summed E-state index contributed by atoms with van der Waals surface area (Å²) in [5.41, 5.74) is -0.0696. The van der Waals surface area contributed by atoms with Crippen LogP contribution in [0.5, 0.6) is 5.75 Å². The molecule has 31 heavy (non-hydrogen) atoms. The van der Waals surface area contributed by atoms with E-state index in [9.17, 15) is 24.5 Å². The number of imide groups is 1. The van der Waals surface area contributed by atoms with Crippen molar-refractivity contribution in [3.63, 3.8) is 0 Å². The molecule has 1 aliphatic heterocycles. The molecule has 2 amide bonds. The number of nitrogens with zero attached hydrogens (tertiary/aromatic N) is 3. The predicted molar refractivity (Wildman–Crippen MR) is 107 cm³/mol. The average Bonchev–Trinajstić information content (AvgIpc) is 3.41. The SMILES string of the molecule is CCOC(=O)[C@@H](C)Oc1ccc(C=NN2C(=O)[C@@H]3[C@H](C2=O)[C@H]2C=C[C@H]3C2)cc1[N+](=O)[O-]. The molecule has 4 rings (SSSR count). The van der Waals surface area contributed by atoms with Gasteiger partial charge in [-0.2, -0.15) is 10.1 Å². The largest absolute Gasteiger partial charge is 0.472 e. The molecule has 10 heteroatoms. The van der Waals surface area contributed by atoms with E-state index in [0.717, 1.165) is 11.4 Å². The van der Waals surface area contributed by atoms with E-state index in [1.54, 1.807) is 6.92 Å². The van der Waals surface area contributed by atoms with Gasteiger partial charge in [0.25, 0.3) is 11.8 Å². The minimum absolute atomic E-state index is 0.0746. The Hall–Kier alpha value is -3.56. The zero-order valence-electron chi connectivity index (χ0n) is 17.0. The molecule has 2 fully saturated rings. The molecule has 1 saturated heterocycles. The van der Waals surface area contributed by atoms with E-state index in [1.807, 2.05) is 12.2 Å². The van der Waals surface area contributed by atoms with Crippen molar-refractivity contribution in [3.8, 4) is 5.75 Å². The van der Waals surface area contributed by atoms with E-state index in [2.05, 4.69) is 5.10 Å². The number of allylic oxidation sites excluding steroid dienone is 2. The lowest BCUT2D eigenvalue weighted by Crippen LogP contribution is -2.28. The van der Waals surface area contributed by atoms with Gasteiger partial charge in [0.2, 0.25) is 0 Å². The van der Waals surface area contributed by atoms with Gasteiger partial charge in [-0.1, -0.05) is 12.2 Å². The Morgan fingerprint density at radius 2 is 1.94 bits per heavy atom. The van der Waals surface area contributed by atoms with E-state index in [-0.39, 0.29) is 53.5 Å². The van der Waals surface area contributed by atoms with Crippen molar-refractivity contribution >= 4 is 29.7 Å². The summed E-state index contributed by atoms with van der Waals surface area (Å²) in [5.74, 6) is -1.99. The van der Waals surface area contributed by atoms with Gasteiger partial charge in [-0.05, 0) is 44.2 Å². The van der Waals surface area contributed by atoms with Gasteiger partial charge in [-0.3, -0.25) is 19.7 Å². The molecule has 0 aromatic heterocycles. The first-order chi connectivity index (χ1) is 14.8. The van der Waals surface area contributed by atoms with Gasteiger partial charge in [0.05, 0.1) is 29.6 Å². The third-order valence-corrected chi connectivity index (χ3v) is 5.87. The first-order valence-corrected chi connectivity index (χ1v) is 10.0. The number of fused-ring (bicyclic) bond motifs is 5. The number of hydrogen-bond acceptors (Lipinski definition) is 8. The summed E-state index contributed by atoms with van der Waals surface area (Å²) >= 11 is 0. The Morgan fingerprint density at radius 1 is 1.29 bits per heavy atom. The van der Waals surface area contributed by atoms with Crippen LogP contribution in [0.2, 0.25) is 0 Å². The number of benzene rings is 1. The van der Waals surface area contributed by atoms with Crippen molar-refractivity contribution in [2.45, 2.75) is 26.4 Å². The number of rotatable bonds is 7. The summed E-state index contributed by atoms with van der Waals surface area (Å²) in [4.78, 5) is 47.9.